The van der Waals surface area contributed by atoms with E-state index in [1.165, 1.54) is 0 Å². The molecule has 1 heterocycles. The second-order valence-electron chi connectivity index (χ2n) is 6.92. The van der Waals surface area contributed by atoms with E-state index in [0.717, 1.165) is 22.8 Å². The van der Waals surface area contributed by atoms with Crippen LogP contribution >= 0.6 is 0 Å². The van der Waals surface area contributed by atoms with E-state index in [1.807, 2.05) is 110 Å². The second-order valence-corrected chi connectivity index (χ2v) is 6.92. The first-order valence-electron chi connectivity index (χ1n) is 9.75. The fraction of sp³-hybridized carbons (Fsp3) is 0.0833. The van der Waals surface area contributed by atoms with Crippen molar-refractivity contribution in [2.75, 3.05) is 10.6 Å². The maximum atomic E-state index is 13.3. The van der Waals surface area contributed by atoms with E-state index in [1.54, 1.807) is 4.68 Å². The number of rotatable bonds is 4. The number of anilines is 2. The van der Waals surface area contributed by atoms with Crippen LogP contribution in [0.25, 0.3) is 5.69 Å². The number of nitrogens with zero attached hydrogens (tertiary/aromatic N) is 2. The van der Waals surface area contributed by atoms with E-state index in [2.05, 4.69) is 15.6 Å². The molecule has 0 spiro atoms. The van der Waals surface area contributed by atoms with Crippen LogP contribution in [-0.4, -0.2) is 15.3 Å². The van der Waals surface area contributed by atoms with Gasteiger partial charge in [0, 0.05) is 7.05 Å². The van der Waals surface area contributed by atoms with Gasteiger partial charge in [0.25, 0.3) is 0 Å². The molecule has 0 aliphatic carbocycles. The van der Waals surface area contributed by atoms with Crippen molar-refractivity contribution in [3.05, 3.63) is 107 Å². The molecule has 0 fully saturated rings. The average molecular weight is 398 g/mol. The van der Waals surface area contributed by atoms with Gasteiger partial charge in [-0.25, -0.2) is 20.3 Å². The summed E-state index contributed by atoms with van der Waals surface area (Å²) < 4.78 is 3.50. The van der Waals surface area contributed by atoms with Crippen LogP contribution < -0.4 is 21.2 Å². The number of guanidine groups is 1. The van der Waals surface area contributed by atoms with Crippen LogP contribution in [0.4, 0.5) is 17.1 Å². The minimum atomic E-state index is -0.122. The molecule has 0 aliphatic rings. The molecule has 150 valence electrons. The van der Waals surface area contributed by atoms with Crippen LogP contribution in [0.1, 0.15) is 5.69 Å². The van der Waals surface area contributed by atoms with Crippen molar-refractivity contribution < 1.29 is 4.99 Å². The van der Waals surface area contributed by atoms with Crippen LogP contribution in [0.5, 0.6) is 0 Å². The number of hydrogen-bond acceptors (Lipinski definition) is 1. The molecule has 6 heteroatoms. The Morgan fingerprint density at radius 3 is 1.73 bits per heavy atom. The molecule has 3 aromatic carbocycles. The SMILES string of the molecule is Cc1c([NH+]=C(Nc2ccccc2)Nc2ccccc2)c(=O)n(-c2ccccc2)n1C. The predicted molar refractivity (Wildman–Crippen MR) is 122 cm³/mol. The van der Waals surface area contributed by atoms with Gasteiger partial charge in [-0.05, 0) is 43.3 Å². The number of hydrogen-bond donors (Lipinski definition) is 3. The lowest BCUT2D eigenvalue weighted by atomic mass is 10.3. The molecule has 6 nitrogen and oxygen atoms in total. The van der Waals surface area contributed by atoms with Gasteiger partial charge >= 0.3 is 11.5 Å². The highest BCUT2D eigenvalue weighted by Gasteiger charge is 2.19. The predicted octanol–water partition coefficient (Wildman–Crippen LogP) is 2.78. The summed E-state index contributed by atoms with van der Waals surface area (Å²) in [4.78, 5) is 16.5. The van der Waals surface area contributed by atoms with Crippen molar-refractivity contribution in [2.24, 2.45) is 7.05 Å². The molecular formula is C24H24N5O+. The molecule has 0 atom stereocenters. The monoisotopic (exact) mass is 398 g/mol. The van der Waals surface area contributed by atoms with Crippen LogP contribution in [0.3, 0.4) is 0 Å². The van der Waals surface area contributed by atoms with Gasteiger partial charge in [0.1, 0.15) is 0 Å². The summed E-state index contributed by atoms with van der Waals surface area (Å²) in [5.74, 6) is 0.596. The largest absolute Gasteiger partial charge is 0.358 e. The van der Waals surface area contributed by atoms with Crippen molar-refractivity contribution in [3.63, 3.8) is 0 Å². The van der Waals surface area contributed by atoms with Crippen LogP contribution in [0.15, 0.2) is 95.8 Å². The Labute approximate surface area is 175 Å². The van der Waals surface area contributed by atoms with Crippen molar-refractivity contribution in [1.82, 2.24) is 9.36 Å². The minimum absolute atomic E-state index is 0.122. The Bertz CT molecular complexity index is 1170. The third kappa shape index (κ3) is 4.03. The van der Waals surface area contributed by atoms with Gasteiger partial charge in [-0.3, -0.25) is 9.48 Å². The molecule has 0 bridgehead atoms. The summed E-state index contributed by atoms with van der Waals surface area (Å²) in [5, 5.41) is 6.67. The Balaban J connectivity index is 1.79. The Morgan fingerprint density at radius 2 is 1.23 bits per heavy atom. The van der Waals surface area contributed by atoms with Crippen molar-refractivity contribution >= 4 is 23.0 Å². The topological polar surface area (TPSA) is 65.0 Å². The fourth-order valence-corrected chi connectivity index (χ4v) is 3.26. The van der Waals surface area contributed by atoms with Gasteiger partial charge in [-0.1, -0.05) is 54.6 Å². The maximum Gasteiger partial charge on any atom is 0.358 e. The van der Waals surface area contributed by atoms with Gasteiger partial charge in [0.05, 0.1) is 22.8 Å². The van der Waals surface area contributed by atoms with Crippen LogP contribution in [-0.2, 0) is 7.05 Å². The van der Waals surface area contributed by atoms with Gasteiger partial charge in [0.2, 0.25) is 0 Å². The van der Waals surface area contributed by atoms with Gasteiger partial charge in [-0.2, -0.15) is 0 Å². The fourth-order valence-electron chi connectivity index (χ4n) is 3.26. The molecule has 0 saturated heterocycles. The Kier molecular flexibility index (Phi) is 5.48. The molecule has 30 heavy (non-hydrogen) atoms. The van der Waals surface area contributed by atoms with Crippen molar-refractivity contribution in [2.45, 2.75) is 6.92 Å². The van der Waals surface area contributed by atoms with Crippen LogP contribution in [0.2, 0.25) is 0 Å². The summed E-state index contributed by atoms with van der Waals surface area (Å²) in [6.07, 6.45) is 0. The zero-order chi connectivity index (χ0) is 20.9. The number of nitrogens with one attached hydrogen (secondary N) is 3. The molecule has 4 aromatic rings. The lowest BCUT2D eigenvalue weighted by molar-refractivity contribution is -0.355. The standard InChI is InChI=1S/C24H23N5O/c1-18-22(23(30)29(28(18)2)21-16-10-5-11-17-21)27-24(25-19-12-6-3-7-13-19)26-20-14-8-4-9-15-20/h3-17H,1-2H3,(H2,25,26,27)/p+1. The maximum absolute atomic E-state index is 13.3. The number of aromatic nitrogens is 2. The highest BCUT2D eigenvalue weighted by atomic mass is 16.1. The number of benzene rings is 3. The molecule has 0 unspecified atom stereocenters. The van der Waals surface area contributed by atoms with Crippen molar-refractivity contribution in [1.29, 1.82) is 0 Å². The first-order chi connectivity index (χ1) is 14.6. The third-order valence-corrected chi connectivity index (χ3v) is 4.89. The smallest absolute Gasteiger partial charge is 0.282 e. The van der Waals surface area contributed by atoms with Crippen LogP contribution in [0, 0.1) is 6.92 Å². The van der Waals surface area contributed by atoms with E-state index in [4.69, 9.17) is 0 Å². The molecule has 3 N–H and O–H groups in total. The summed E-state index contributed by atoms with van der Waals surface area (Å²) in [6.45, 7) is 1.92. The number of para-hydroxylation sites is 3. The highest BCUT2D eigenvalue weighted by Crippen LogP contribution is 2.11. The summed E-state index contributed by atoms with van der Waals surface area (Å²) in [6, 6.07) is 29.2. The van der Waals surface area contributed by atoms with Gasteiger partial charge in [-0.15, -0.1) is 0 Å². The van der Waals surface area contributed by atoms with Gasteiger partial charge in [0.15, 0.2) is 5.69 Å². The van der Waals surface area contributed by atoms with E-state index >= 15 is 0 Å². The molecule has 0 aliphatic heterocycles. The van der Waals surface area contributed by atoms with E-state index in [9.17, 15) is 4.79 Å². The zero-order valence-corrected chi connectivity index (χ0v) is 17.0. The van der Waals surface area contributed by atoms with Crippen molar-refractivity contribution in [3.8, 4) is 5.69 Å². The van der Waals surface area contributed by atoms with Gasteiger partial charge < -0.3 is 0 Å². The first-order valence-corrected chi connectivity index (χ1v) is 9.75. The first kappa shape index (κ1) is 19.3. The zero-order valence-electron chi connectivity index (χ0n) is 17.0. The molecule has 0 saturated carbocycles. The highest BCUT2D eigenvalue weighted by molar-refractivity contribution is 6.00. The third-order valence-electron chi connectivity index (χ3n) is 4.89. The molecule has 0 amide bonds. The molecule has 4 rings (SSSR count). The quantitative estimate of drug-likeness (QED) is 0.366. The summed E-state index contributed by atoms with van der Waals surface area (Å²) in [7, 11) is 1.88. The molecular weight excluding hydrogens is 374 g/mol. The lowest BCUT2D eigenvalue weighted by Crippen LogP contribution is -2.73. The molecule has 1 aromatic heterocycles. The lowest BCUT2D eigenvalue weighted by Gasteiger charge is -2.07. The normalized spacial score (nSPS) is 10.5. The molecule has 0 radical (unpaired) electrons. The second kappa shape index (κ2) is 8.53. The average Bonchev–Trinajstić information content (AvgIpc) is 2.99. The van der Waals surface area contributed by atoms with E-state index in [-0.39, 0.29) is 5.56 Å². The van der Waals surface area contributed by atoms with E-state index in [0.29, 0.717) is 11.6 Å². The summed E-state index contributed by atoms with van der Waals surface area (Å²) in [5.41, 5.74) is 3.83. The Hall–Kier alpha value is -4.06. The Morgan fingerprint density at radius 1 is 0.767 bits per heavy atom. The minimum Gasteiger partial charge on any atom is -0.282 e. The van der Waals surface area contributed by atoms with E-state index < -0.39 is 0 Å². The summed E-state index contributed by atoms with van der Waals surface area (Å²) >= 11 is 0.